The van der Waals surface area contributed by atoms with Gasteiger partial charge in [-0.2, -0.15) is 0 Å². The van der Waals surface area contributed by atoms with Crippen LogP contribution in [-0.2, 0) is 0 Å². The fraction of sp³-hybridized carbons (Fsp3) is 0.400. The second kappa shape index (κ2) is 7.47. The van der Waals surface area contributed by atoms with E-state index < -0.39 is 0 Å². The smallest absolute Gasteiger partial charge is 0.253 e. The molecule has 0 saturated carbocycles. The number of hydrogen-bond donors (Lipinski definition) is 1. The Balaban J connectivity index is 1.71. The monoisotopic (exact) mass is 324 g/mol. The van der Waals surface area contributed by atoms with Gasteiger partial charge in [-0.25, -0.2) is 0 Å². The highest BCUT2D eigenvalue weighted by Crippen LogP contribution is 2.22. The van der Waals surface area contributed by atoms with Crippen molar-refractivity contribution in [3.8, 4) is 5.75 Å². The molecule has 1 aliphatic rings. The van der Waals surface area contributed by atoms with Gasteiger partial charge in [-0.15, -0.1) is 0 Å². The zero-order chi connectivity index (χ0) is 16.9. The summed E-state index contributed by atoms with van der Waals surface area (Å²) in [6.45, 7) is 2.56. The Kier molecular flexibility index (Phi) is 5.14. The zero-order valence-corrected chi connectivity index (χ0v) is 14.4. The molecular weight excluding hydrogens is 300 g/mol. The molecule has 0 fully saturated rings. The number of benzene rings is 1. The number of nitrogens with one attached hydrogen (secondary N) is 1. The molecule has 1 N–H and O–H groups in total. The van der Waals surface area contributed by atoms with E-state index in [4.69, 9.17) is 4.74 Å². The molecular formula is C20H24N2O2. The standard InChI is InChI=1S/C20H24N2O2/c1-14-18(13-16-12-17(24-2)8-9-19(16)22-14)20(23)21-11-10-15-6-4-3-5-7-15/h6,8-9,12-13H,3-5,7,10-11H2,1-2H3,(H,21,23). The minimum absolute atomic E-state index is 0.0545. The van der Waals surface area contributed by atoms with Crippen molar-refractivity contribution in [2.24, 2.45) is 0 Å². The van der Waals surface area contributed by atoms with E-state index in [0.717, 1.165) is 28.8 Å². The van der Waals surface area contributed by atoms with Crippen LogP contribution < -0.4 is 10.1 Å². The van der Waals surface area contributed by atoms with Gasteiger partial charge < -0.3 is 10.1 Å². The molecule has 1 amide bonds. The number of rotatable bonds is 5. The Morgan fingerprint density at radius 3 is 2.92 bits per heavy atom. The van der Waals surface area contributed by atoms with Gasteiger partial charge in [0.05, 0.1) is 23.9 Å². The third kappa shape index (κ3) is 3.75. The first-order valence-corrected chi connectivity index (χ1v) is 8.59. The van der Waals surface area contributed by atoms with Crippen molar-refractivity contribution in [1.82, 2.24) is 10.3 Å². The normalized spacial score (nSPS) is 14.3. The van der Waals surface area contributed by atoms with Crippen molar-refractivity contribution in [1.29, 1.82) is 0 Å². The van der Waals surface area contributed by atoms with Crippen LogP contribution in [0.15, 0.2) is 35.9 Å². The second-order valence-corrected chi connectivity index (χ2v) is 6.29. The van der Waals surface area contributed by atoms with Crippen LogP contribution in [0.3, 0.4) is 0 Å². The Hall–Kier alpha value is -2.36. The van der Waals surface area contributed by atoms with E-state index in [-0.39, 0.29) is 5.91 Å². The lowest BCUT2D eigenvalue weighted by Crippen LogP contribution is -2.26. The molecule has 0 spiro atoms. The van der Waals surface area contributed by atoms with Crippen molar-refractivity contribution in [2.75, 3.05) is 13.7 Å². The quantitative estimate of drug-likeness (QED) is 0.840. The number of aryl methyl sites for hydroxylation is 1. The number of amides is 1. The number of carbonyl (C=O) groups is 1. The summed E-state index contributed by atoms with van der Waals surface area (Å²) in [4.78, 5) is 17.0. The highest BCUT2D eigenvalue weighted by atomic mass is 16.5. The van der Waals surface area contributed by atoms with E-state index in [0.29, 0.717) is 12.1 Å². The molecule has 4 nitrogen and oxygen atoms in total. The molecule has 0 radical (unpaired) electrons. The average molecular weight is 324 g/mol. The van der Waals surface area contributed by atoms with Gasteiger partial charge in [-0.05, 0) is 63.3 Å². The van der Waals surface area contributed by atoms with Gasteiger partial charge >= 0.3 is 0 Å². The van der Waals surface area contributed by atoms with E-state index in [1.165, 1.54) is 31.3 Å². The molecule has 24 heavy (non-hydrogen) atoms. The molecule has 0 aliphatic heterocycles. The number of carbonyl (C=O) groups excluding carboxylic acids is 1. The number of pyridine rings is 1. The first kappa shape index (κ1) is 16.5. The molecule has 0 saturated heterocycles. The van der Waals surface area contributed by atoms with Gasteiger partial charge in [-0.3, -0.25) is 9.78 Å². The van der Waals surface area contributed by atoms with Crippen molar-refractivity contribution < 1.29 is 9.53 Å². The minimum Gasteiger partial charge on any atom is -0.497 e. The number of allylic oxidation sites excluding steroid dienone is 1. The second-order valence-electron chi connectivity index (χ2n) is 6.29. The lowest BCUT2D eigenvalue weighted by Gasteiger charge is -2.13. The molecule has 126 valence electrons. The summed E-state index contributed by atoms with van der Waals surface area (Å²) in [6.07, 6.45) is 8.19. The maximum absolute atomic E-state index is 12.5. The van der Waals surface area contributed by atoms with E-state index in [2.05, 4.69) is 16.4 Å². The Labute approximate surface area is 142 Å². The lowest BCUT2D eigenvalue weighted by molar-refractivity contribution is 0.0953. The molecule has 1 heterocycles. The third-order valence-corrected chi connectivity index (χ3v) is 4.57. The van der Waals surface area contributed by atoms with Gasteiger partial charge in [0.2, 0.25) is 0 Å². The summed E-state index contributed by atoms with van der Waals surface area (Å²) >= 11 is 0. The van der Waals surface area contributed by atoms with Crippen LogP contribution in [0, 0.1) is 6.92 Å². The fourth-order valence-corrected chi connectivity index (χ4v) is 3.17. The van der Waals surface area contributed by atoms with Crippen LogP contribution in [0.4, 0.5) is 0 Å². The predicted octanol–water partition coefficient (Wildman–Crippen LogP) is 4.17. The summed E-state index contributed by atoms with van der Waals surface area (Å²) in [5.74, 6) is 0.713. The van der Waals surface area contributed by atoms with Crippen LogP contribution >= 0.6 is 0 Å². The highest BCUT2D eigenvalue weighted by molar-refractivity contribution is 5.98. The van der Waals surface area contributed by atoms with E-state index in [1.54, 1.807) is 7.11 Å². The van der Waals surface area contributed by atoms with Crippen molar-refractivity contribution in [3.05, 3.63) is 47.2 Å². The van der Waals surface area contributed by atoms with E-state index in [1.807, 2.05) is 31.2 Å². The van der Waals surface area contributed by atoms with Crippen LogP contribution in [0.25, 0.3) is 10.9 Å². The molecule has 1 aromatic heterocycles. The van der Waals surface area contributed by atoms with Crippen LogP contribution in [0.1, 0.15) is 48.2 Å². The number of methoxy groups -OCH3 is 1. The van der Waals surface area contributed by atoms with Crippen molar-refractivity contribution in [2.45, 2.75) is 39.0 Å². The lowest BCUT2D eigenvalue weighted by atomic mass is 9.97. The molecule has 2 aromatic rings. The fourth-order valence-electron chi connectivity index (χ4n) is 3.17. The van der Waals surface area contributed by atoms with Crippen LogP contribution in [0.2, 0.25) is 0 Å². The van der Waals surface area contributed by atoms with E-state index >= 15 is 0 Å². The summed E-state index contributed by atoms with van der Waals surface area (Å²) in [6, 6.07) is 7.60. The molecule has 1 aliphatic carbocycles. The van der Waals surface area contributed by atoms with Crippen LogP contribution in [-0.4, -0.2) is 24.5 Å². The van der Waals surface area contributed by atoms with Crippen molar-refractivity contribution in [3.63, 3.8) is 0 Å². The topological polar surface area (TPSA) is 51.2 Å². The Bertz CT molecular complexity index is 781. The predicted molar refractivity (Wildman–Crippen MR) is 96.5 cm³/mol. The molecule has 3 rings (SSSR count). The largest absolute Gasteiger partial charge is 0.497 e. The molecule has 0 bridgehead atoms. The Morgan fingerprint density at radius 2 is 2.17 bits per heavy atom. The number of fused-ring (bicyclic) bond motifs is 1. The first-order chi connectivity index (χ1) is 11.7. The summed E-state index contributed by atoms with van der Waals surface area (Å²) < 4.78 is 5.25. The minimum atomic E-state index is -0.0545. The zero-order valence-electron chi connectivity index (χ0n) is 14.4. The molecule has 0 unspecified atom stereocenters. The van der Waals surface area contributed by atoms with Crippen molar-refractivity contribution >= 4 is 16.8 Å². The molecule has 0 atom stereocenters. The first-order valence-electron chi connectivity index (χ1n) is 8.59. The van der Waals surface area contributed by atoms with Gasteiger partial charge in [0.1, 0.15) is 5.75 Å². The SMILES string of the molecule is COc1ccc2nc(C)c(C(=O)NCCC3=CCCCC3)cc2c1. The molecule has 1 aromatic carbocycles. The summed E-state index contributed by atoms with van der Waals surface area (Å²) in [7, 11) is 1.64. The van der Waals surface area contributed by atoms with Crippen LogP contribution in [0.5, 0.6) is 5.75 Å². The average Bonchev–Trinajstić information content (AvgIpc) is 2.61. The molecule has 4 heteroatoms. The summed E-state index contributed by atoms with van der Waals surface area (Å²) in [5.41, 5.74) is 3.73. The van der Waals surface area contributed by atoms with Gasteiger partial charge in [0.25, 0.3) is 5.91 Å². The van der Waals surface area contributed by atoms with E-state index in [9.17, 15) is 4.79 Å². The number of ether oxygens (including phenoxy) is 1. The van der Waals surface area contributed by atoms with Gasteiger partial charge in [-0.1, -0.05) is 11.6 Å². The number of aromatic nitrogens is 1. The maximum atomic E-state index is 12.5. The Morgan fingerprint density at radius 1 is 1.29 bits per heavy atom. The number of nitrogens with zero attached hydrogens (tertiary/aromatic N) is 1. The summed E-state index contributed by atoms with van der Waals surface area (Å²) in [5, 5.41) is 3.95. The maximum Gasteiger partial charge on any atom is 0.253 e. The highest BCUT2D eigenvalue weighted by Gasteiger charge is 2.12. The number of hydrogen-bond acceptors (Lipinski definition) is 3. The van der Waals surface area contributed by atoms with Gasteiger partial charge in [0.15, 0.2) is 0 Å². The third-order valence-electron chi connectivity index (χ3n) is 4.57. The van der Waals surface area contributed by atoms with Gasteiger partial charge in [0, 0.05) is 11.9 Å².